The lowest BCUT2D eigenvalue weighted by Gasteiger charge is -2.31. The third kappa shape index (κ3) is 4.17. The Morgan fingerprint density at radius 1 is 1.48 bits per heavy atom. The van der Waals surface area contributed by atoms with E-state index < -0.39 is 0 Å². The van der Waals surface area contributed by atoms with E-state index in [0.717, 1.165) is 19.4 Å². The molecule has 5 heteroatoms. The molecule has 0 bridgehead atoms. The molecule has 4 nitrogen and oxygen atoms in total. The van der Waals surface area contributed by atoms with E-state index in [1.165, 1.54) is 13.2 Å². The zero-order valence-corrected chi connectivity index (χ0v) is 12.6. The topological polar surface area (TPSA) is 38.8 Å². The summed E-state index contributed by atoms with van der Waals surface area (Å²) >= 11 is 0. The minimum Gasteiger partial charge on any atom is -0.497 e. The number of ether oxygens (including phenoxy) is 2. The van der Waals surface area contributed by atoms with Crippen LogP contribution in [0.5, 0.6) is 5.75 Å². The van der Waals surface area contributed by atoms with Gasteiger partial charge in [0.15, 0.2) is 0 Å². The van der Waals surface area contributed by atoms with E-state index in [0.29, 0.717) is 31.0 Å². The predicted molar refractivity (Wildman–Crippen MR) is 77.6 cm³/mol. The Morgan fingerprint density at radius 2 is 2.29 bits per heavy atom. The van der Waals surface area contributed by atoms with E-state index in [1.54, 1.807) is 12.1 Å². The van der Waals surface area contributed by atoms with Crippen LogP contribution < -0.4 is 4.74 Å². The zero-order valence-electron chi connectivity index (χ0n) is 12.6. The Bertz CT molecular complexity index is 492. The number of carbonyl (C=O) groups is 1. The number of nitrogens with zero attached hydrogens (tertiary/aromatic N) is 1. The van der Waals surface area contributed by atoms with Crippen molar-refractivity contribution in [3.05, 3.63) is 29.6 Å². The second-order valence-electron chi connectivity index (χ2n) is 5.28. The Kier molecular flexibility index (Phi) is 5.56. The molecule has 1 heterocycles. The summed E-state index contributed by atoms with van der Waals surface area (Å²) in [5.41, 5.74) is 0.625. The van der Waals surface area contributed by atoms with Crippen LogP contribution in [0, 0.1) is 11.7 Å². The third-order valence-electron chi connectivity index (χ3n) is 3.78. The standard InChI is InChI=1S/C16H22FNO3/c1-3-21-16(19)13-5-4-8-18(11-13)10-12-6-7-14(20-2)9-15(12)17/h6-7,9,13H,3-5,8,10-11H2,1-2H3. The maximum absolute atomic E-state index is 14.0. The van der Waals surface area contributed by atoms with Crippen LogP contribution in [0.1, 0.15) is 25.3 Å². The van der Waals surface area contributed by atoms with Crippen molar-refractivity contribution in [2.75, 3.05) is 26.8 Å². The number of halogens is 1. The summed E-state index contributed by atoms with van der Waals surface area (Å²) in [7, 11) is 1.52. The Labute approximate surface area is 124 Å². The summed E-state index contributed by atoms with van der Waals surface area (Å²) in [5.74, 6) is 0.00400. The number of esters is 1. The fraction of sp³-hybridized carbons (Fsp3) is 0.562. The second-order valence-corrected chi connectivity index (χ2v) is 5.28. The van der Waals surface area contributed by atoms with Gasteiger partial charge in [-0.05, 0) is 32.4 Å². The van der Waals surface area contributed by atoms with Crippen LogP contribution in [-0.2, 0) is 16.1 Å². The molecule has 1 unspecified atom stereocenters. The van der Waals surface area contributed by atoms with Gasteiger partial charge in [-0.3, -0.25) is 9.69 Å². The summed E-state index contributed by atoms with van der Waals surface area (Å²) in [6, 6.07) is 4.88. The van der Waals surface area contributed by atoms with E-state index >= 15 is 0 Å². The van der Waals surface area contributed by atoms with Crippen LogP contribution in [0.3, 0.4) is 0 Å². The summed E-state index contributed by atoms with van der Waals surface area (Å²) in [4.78, 5) is 13.9. The second kappa shape index (κ2) is 7.41. The van der Waals surface area contributed by atoms with Crippen molar-refractivity contribution < 1.29 is 18.7 Å². The Balaban J connectivity index is 1.97. The highest BCUT2D eigenvalue weighted by Crippen LogP contribution is 2.22. The molecule has 0 saturated carbocycles. The van der Waals surface area contributed by atoms with Crippen molar-refractivity contribution in [2.24, 2.45) is 5.92 Å². The van der Waals surface area contributed by atoms with Crippen LogP contribution in [0.2, 0.25) is 0 Å². The van der Waals surface area contributed by atoms with Gasteiger partial charge in [0.2, 0.25) is 0 Å². The van der Waals surface area contributed by atoms with Crippen molar-refractivity contribution in [1.29, 1.82) is 0 Å². The van der Waals surface area contributed by atoms with Gasteiger partial charge in [-0.1, -0.05) is 6.07 Å². The summed E-state index contributed by atoms with van der Waals surface area (Å²) in [6.45, 7) is 4.23. The number of likely N-dealkylation sites (tertiary alicyclic amines) is 1. The number of hydrogen-bond acceptors (Lipinski definition) is 4. The van der Waals surface area contributed by atoms with Gasteiger partial charge in [0.25, 0.3) is 0 Å². The molecule has 0 aromatic heterocycles. The molecule has 0 spiro atoms. The SMILES string of the molecule is CCOC(=O)C1CCCN(Cc2ccc(OC)cc2F)C1. The molecule has 0 amide bonds. The van der Waals surface area contributed by atoms with Gasteiger partial charge in [-0.25, -0.2) is 4.39 Å². The maximum Gasteiger partial charge on any atom is 0.310 e. The summed E-state index contributed by atoms with van der Waals surface area (Å²) in [6.07, 6.45) is 1.78. The quantitative estimate of drug-likeness (QED) is 0.783. The lowest BCUT2D eigenvalue weighted by atomic mass is 9.97. The first-order chi connectivity index (χ1) is 10.1. The highest BCUT2D eigenvalue weighted by atomic mass is 19.1. The minimum atomic E-state index is -0.271. The zero-order chi connectivity index (χ0) is 15.2. The average molecular weight is 295 g/mol. The number of piperidine rings is 1. The molecule has 1 fully saturated rings. The molecule has 1 aromatic carbocycles. The fourth-order valence-electron chi connectivity index (χ4n) is 2.68. The average Bonchev–Trinajstić information content (AvgIpc) is 2.50. The largest absolute Gasteiger partial charge is 0.497 e. The highest BCUT2D eigenvalue weighted by molar-refractivity contribution is 5.72. The lowest BCUT2D eigenvalue weighted by Crippen LogP contribution is -2.39. The van der Waals surface area contributed by atoms with Crippen molar-refractivity contribution in [3.8, 4) is 5.75 Å². The van der Waals surface area contributed by atoms with E-state index in [9.17, 15) is 9.18 Å². The third-order valence-corrected chi connectivity index (χ3v) is 3.78. The van der Waals surface area contributed by atoms with E-state index in [2.05, 4.69) is 4.90 Å². The number of rotatable bonds is 5. The number of benzene rings is 1. The number of hydrogen-bond donors (Lipinski definition) is 0. The van der Waals surface area contributed by atoms with Crippen molar-refractivity contribution in [3.63, 3.8) is 0 Å². The van der Waals surface area contributed by atoms with Gasteiger partial charge < -0.3 is 9.47 Å². The molecule has 1 aromatic rings. The van der Waals surface area contributed by atoms with Gasteiger partial charge in [0.1, 0.15) is 11.6 Å². The van der Waals surface area contributed by atoms with Crippen LogP contribution in [-0.4, -0.2) is 37.7 Å². The van der Waals surface area contributed by atoms with Gasteiger partial charge in [0, 0.05) is 24.7 Å². The molecule has 0 radical (unpaired) electrons. The fourth-order valence-corrected chi connectivity index (χ4v) is 2.68. The van der Waals surface area contributed by atoms with Crippen molar-refractivity contribution in [2.45, 2.75) is 26.3 Å². The Hall–Kier alpha value is -1.62. The van der Waals surface area contributed by atoms with E-state index in [1.807, 2.05) is 6.92 Å². The van der Waals surface area contributed by atoms with Crippen LogP contribution in [0.15, 0.2) is 18.2 Å². The summed E-state index contributed by atoms with van der Waals surface area (Å²) < 4.78 is 24.0. The molecule has 1 aliphatic rings. The van der Waals surface area contributed by atoms with E-state index in [4.69, 9.17) is 9.47 Å². The molecule has 1 atom stereocenters. The van der Waals surface area contributed by atoms with Gasteiger partial charge in [-0.15, -0.1) is 0 Å². The first-order valence-electron chi connectivity index (χ1n) is 7.35. The van der Waals surface area contributed by atoms with Crippen LogP contribution >= 0.6 is 0 Å². The molecule has 21 heavy (non-hydrogen) atoms. The van der Waals surface area contributed by atoms with Gasteiger partial charge in [-0.2, -0.15) is 0 Å². The van der Waals surface area contributed by atoms with Gasteiger partial charge in [0.05, 0.1) is 19.6 Å². The van der Waals surface area contributed by atoms with Crippen molar-refractivity contribution in [1.82, 2.24) is 4.90 Å². The molecular weight excluding hydrogens is 273 g/mol. The smallest absolute Gasteiger partial charge is 0.310 e. The maximum atomic E-state index is 14.0. The normalized spacial score (nSPS) is 19.3. The molecule has 1 saturated heterocycles. The predicted octanol–water partition coefficient (Wildman–Crippen LogP) is 2.61. The van der Waals surface area contributed by atoms with Gasteiger partial charge >= 0.3 is 5.97 Å². The van der Waals surface area contributed by atoms with E-state index in [-0.39, 0.29) is 17.7 Å². The molecule has 0 N–H and O–H groups in total. The van der Waals surface area contributed by atoms with Crippen LogP contribution in [0.4, 0.5) is 4.39 Å². The molecular formula is C16H22FNO3. The first-order valence-corrected chi connectivity index (χ1v) is 7.35. The highest BCUT2D eigenvalue weighted by Gasteiger charge is 2.27. The summed E-state index contributed by atoms with van der Waals surface area (Å²) in [5, 5.41) is 0. The number of carbonyl (C=O) groups excluding carboxylic acids is 1. The molecule has 1 aliphatic heterocycles. The first kappa shape index (κ1) is 15.8. The Morgan fingerprint density at radius 3 is 2.95 bits per heavy atom. The monoisotopic (exact) mass is 295 g/mol. The minimum absolute atomic E-state index is 0.0972. The van der Waals surface area contributed by atoms with Crippen molar-refractivity contribution >= 4 is 5.97 Å². The molecule has 116 valence electrons. The molecule has 2 rings (SSSR count). The number of methoxy groups -OCH3 is 1. The molecule has 0 aliphatic carbocycles. The van der Waals surface area contributed by atoms with Crippen LogP contribution in [0.25, 0.3) is 0 Å². The lowest BCUT2D eigenvalue weighted by molar-refractivity contribution is -0.150.